The Balaban J connectivity index is 2.07. The van der Waals surface area contributed by atoms with Crippen molar-refractivity contribution in [2.75, 3.05) is 31.1 Å². The largest absolute Gasteiger partial charge is 0.465 e. The highest BCUT2D eigenvalue weighted by molar-refractivity contribution is 5.65. The zero-order chi connectivity index (χ0) is 12.4. The van der Waals surface area contributed by atoms with E-state index in [4.69, 9.17) is 5.11 Å². The average Bonchev–Trinajstić information content (AvgIpc) is 2.28. The molecule has 1 N–H and O–H groups in total. The van der Waals surface area contributed by atoms with Crippen LogP contribution < -0.4 is 4.90 Å². The molecule has 17 heavy (non-hydrogen) atoms. The molecule has 1 amide bonds. The number of carbonyl (C=O) groups is 1. The van der Waals surface area contributed by atoms with Crippen molar-refractivity contribution in [1.82, 2.24) is 9.88 Å². The van der Waals surface area contributed by atoms with Gasteiger partial charge in [0.25, 0.3) is 0 Å². The molecule has 0 bridgehead atoms. The second-order valence-corrected chi connectivity index (χ2v) is 4.08. The highest BCUT2D eigenvalue weighted by Crippen LogP contribution is 2.16. The molecular formula is C11H14FN3O2. The maximum Gasteiger partial charge on any atom is 0.407 e. The molecule has 1 fully saturated rings. The molecule has 1 aromatic heterocycles. The number of halogens is 1. The fourth-order valence-corrected chi connectivity index (χ4v) is 1.90. The Morgan fingerprint density at radius 2 is 2.00 bits per heavy atom. The van der Waals surface area contributed by atoms with Crippen molar-refractivity contribution in [2.45, 2.75) is 6.92 Å². The van der Waals surface area contributed by atoms with E-state index in [1.54, 1.807) is 6.07 Å². The molecule has 5 nitrogen and oxygen atoms in total. The van der Waals surface area contributed by atoms with Crippen molar-refractivity contribution in [1.29, 1.82) is 0 Å². The number of piperazine rings is 1. The highest BCUT2D eigenvalue weighted by atomic mass is 19.1. The smallest absolute Gasteiger partial charge is 0.407 e. The summed E-state index contributed by atoms with van der Waals surface area (Å²) in [6.07, 6.45) is -0.909. The first-order valence-corrected chi connectivity index (χ1v) is 5.43. The fourth-order valence-electron chi connectivity index (χ4n) is 1.90. The number of aryl methyl sites for hydroxylation is 1. The molecule has 92 valence electrons. The van der Waals surface area contributed by atoms with Crippen LogP contribution in [0.2, 0.25) is 0 Å². The average molecular weight is 239 g/mol. The van der Waals surface area contributed by atoms with Crippen LogP contribution in [0.4, 0.5) is 15.0 Å². The van der Waals surface area contributed by atoms with Gasteiger partial charge in [-0.2, -0.15) is 4.39 Å². The molecule has 0 aliphatic carbocycles. The molecule has 0 radical (unpaired) electrons. The first-order valence-electron chi connectivity index (χ1n) is 5.43. The summed E-state index contributed by atoms with van der Waals surface area (Å²) in [7, 11) is 0. The number of carboxylic acid groups (broad SMARTS) is 1. The molecule has 1 aromatic rings. The van der Waals surface area contributed by atoms with E-state index < -0.39 is 12.0 Å². The number of anilines is 1. The van der Waals surface area contributed by atoms with Gasteiger partial charge in [-0.15, -0.1) is 0 Å². The summed E-state index contributed by atoms with van der Waals surface area (Å²) in [6, 6.07) is 3.18. The lowest BCUT2D eigenvalue weighted by molar-refractivity contribution is 0.142. The van der Waals surface area contributed by atoms with Crippen molar-refractivity contribution in [3.05, 3.63) is 23.6 Å². The second-order valence-electron chi connectivity index (χ2n) is 4.08. The van der Waals surface area contributed by atoms with E-state index in [0.717, 1.165) is 5.56 Å². The summed E-state index contributed by atoms with van der Waals surface area (Å²) in [5, 5.41) is 8.82. The predicted octanol–water partition coefficient (Wildman–Crippen LogP) is 1.33. The molecule has 1 saturated heterocycles. The van der Waals surface area contributed by atoms with Crippen LogP contribution in [0, 0.1) is 12.9 Å². The van der Waals surface area contributed by atoms with Gasteiger partial charge in [0.05, 0.1) is 0 Å². The van der Waals surface area contributed by atoms with Crippen LogP contribution in [0.3, 0.4) is 0 Å². The molecule has 0 aromatic carbocycles. The van der Waals surface area contributed by atoms with Crippen molar-refractivity contribution in [3.63, 3.8) is 0 Å². The first kappa shape index (κ1) is 11.6. The molecular weight excluding hydrogens is 225 g/mol. The zero-order valence-corrected chi connectivity index (χ0v) is 9.56. The minimum Gasteiger partial charge on any atom is -0.465 e. The minimum atomic E-state index is -0.909. The van der Waals surface area contributed by atoms with E-state index in [9.17, 15) is 9.18 Å². The number of hydrogen-bond acceptors (Lipinski definition) is 3. The topological polar surface area (TPSA) is 56.7 Å². The molecule has 0 atom stereocenters. The third-order valence-corrected chi connectivity index (χ3v) is 2.80. The first-order chi connectivity index (χ1) is 8.06. The Kier molecular flexibility index (Phi) is 3.12. The fraction of sp³-hybridized carbons (Fsp3) is 0.455. The van der Waals surface area contributed by atoms with Gasteiger partial charge in [-0.1, -0.05) is 0 Å². The van der Waals surface area contributed by atoms with Gasteiger partial charge in [-0.25, -0.2) is 9.78 Å². The number of aromatic nitrogens is 1. The molecule has 0 saturated carbocycles. The Labute approximate surface area is 98.5 Å². The molecule has 2 rings (SSSR count). The number of hydrogen-bond donors (Lipinski definition) is 1. The van der Waals surface area contributed by atoms with Crippen molar-refractivity contribution in [2.24, 2.45) is 0 Å². The zero-order valence-electron chi connectivity index (χ0n) is 9.56. The molecule has 1 aliphatic heterocycles. The van der Waals surface area contributed by atoms with Crippen LogP contribution >= 0.6 is 0 Å². The van der Waals surface area contributed by atoms with Gasteiger partial charge < -0.3 is 14.9 Å². The quantitative estimate of drug-likeness (QED) is 0.751. The van der Waals surface area contributed by atoms with Gasteiger partial charge in [0.1, 0.15) is 5.82 Å². The Morgan fingerprint density at radius 3 is 2.53 bits per heavy atom. The van der Waals surface area contributed by atoms with Gasteiger partial charge in [-0.3, -0.25) is 0 Å². The van der Waals surface area contributed by atoms with E-state index in [0.29, 0.717) is 32.0 Å². The van der Waals surface area contributed by atoms with E-state index >= 15 is 0 Å². The van der Waals surface area contributed by atoms with Crippen LogP contribution in [-0.4, -0.2) is 47.3 Å². The summed E-state index contributed by atoms with van der Waals surface area (Å²) in [5.74, 6) is 0.0770. The van der Waals surface area contributed by atoms with Gasteiger partial charge in [0.2, 0.25) is 5.95 Å². The predicted molar refractivity (Wildman–Crippen MR) is 60.7 cm³/mol. The van der Waals surface area contributed by atoms with Crippen LogP contribution in [-0.2, 0) is 0 Å². The Bertz CT molecular complexity index is 410. The SMILES string of the molecule is Cc1cc(F)nc(N2CCN(C(=O)O)CC2)c1. The summed E-state index contributed by atoms with van der Waals surface area (Å²) in [6.45, 7) is 3.74. The lowest BCUT2D eigenvalue weighted by atomic mass is 10.2. The third kappa shape index (κ3) is 2.64. The Morgan fingerprint density at radius 1 is 1.35 bits per heavy atom. The number of nitrogens with zero attached hydrogens (tertiary/aromatic N) is 3. The number of pyridine rings is 1. The van der Waals surface area contributed by atoms with Crippen molar-refractivity contribution in [3.8, 4) is 0 Å². The summed E-state index contributed by atoms with van der Waals surface area (Å²) in [5.41, 5.74) is 0.813. The van der Waals surface area contributed by atoms with E-state index in [1.165, 1.54) is 11.0 Å². The monoisotopic (exact) mass is 239 g/mol. The van der Waals surface area contributed by atoms with E-state index in [-0.39, 0.29) is 0 Å². The van der Waals surface area contributed by atoms with E-state index in [1.807, 2.05) is 11.8 Å². The lowest BCUT2D eigenvalue weighted by Gasteiger charge is -2.33. The second kappa shape index (κ2) is 4.57. The Hall–Kier alpha value is -1.85. The van der Waals surface area contributed by atoms with Crippen molar-refractivity contribution < 1.29 is 14.3 Å². The standard InChI is InChI=1S/C11H14FN3O2/c1-8-6-9(12)13-10(7-8)14-2-4-15(5-3-14)11(16)17/h6-7H,2-5H2,1H3,(H,16,17). The maximum atomic E-state index is 13.1. The molecule has 0 spiro atoms. The maximum absolute atomic E-state index is 13.1. The van der Waals surface area contributed by atoms with Crippen molar-refractivity contribution >= 4 is 11.9 Å². The highest BCUT2D eigenvalue weighted by Gasteiger charge is 2.21. The summed E-state index contributed by atoms with van der Waals surface area (Å²) < 4.78 is 13.1. The minimum absolute atomic E-state index is 0.423. The normalized spacial score (nSPS) is 16.1. The third-order valence-electron chi connectivity index (χ3n) is 2.80. The van der Waals surface area contributed by atoms with Crippen LogP contribution in [0.25, 0.3) is 0 Å². The van der Waals surface area contributed by atoms with Gasteiger partial charge in [0, 0.05) is 26.2 Å². The molecule has 0 unspecified atom stereocenters. The molecule has 1 aliphatic rings. The lowest BCUT2D eigenvalue weighted by Crippen LogP contribution is -2.48. The van der Waals surface area contributed by atoms with Gasteiger partial charge in [-0.05, 0) is 24.6 Å². The van der Waals surface area contributed by atoms with Gasteiger partial charge in [0.15, 0.2) is 0 Å². The van der Waals surface area contributed by atoms with Crippen LogP contribution in [0.15, 0.2) is 12.1 Å². The van der Waals surface area contributed by atoms with Gasteiger partial charge >= 0.3 is 6.09 Å². The van der Waals surface area contributed by atoms with E-state index in [2.05, 4.69) is 4.98 Å². The summed E-state index contributed by atoms with van der Waals surface area (Å²) >= 11 is 0. The molecule has 2 heterocycles. The molecule has 6 heteroatoms. The number of rotatable bonds is 1. The van der Waals surface area contributed by atoms with Crippen LogP contribution in [0.1, 0.15) is 5.56 Å². The number of amides is 1. The summed E-state index contributed by atoms with van der Waals surface area (Å²) in [4.78, 5) is 17.8. The van der Waals surface area contributed by atoms with Crippen LogP contribution in [0.5, 0.6) is 0 Å².